The molecule has 1 saturated heterocycles. The minimum absolute atomic E-state index is 0.236. The average Bonchev–Trinajstić information content (AvgIpc) is 3.06. The fourth-order valence-electron chi connectivity index (χ4n) is 2.45. The van der Waals surface area contributed by atoms with Gasteiger partial charge in [0.15, 0.2) is 0 Å². The van der Waals surface area contributed by atoms with Crippen LogP contribution in [0, 0.1) is 6.92 Å². The molecule has 3 rings (SSSR count). The summed E-state index contributed by atoms with van der Waals surface area (Å²) in [6, 6.07) is 12.4. The predicted octanol–water partition coefficient (Wildman–Crippen LogP) is 3.80. The number of hydrogen-bond donors (Lipinski definition) is 1. The lowest BCUT2D eigenvalue weighted by atomic mass is 10.2. The highest BCUT2D eigenvalue weighted by Gasteiger charge is 2.21. The molecule has 2 aromatic rings. The molecule has 1 fully saturated rings. The quantitative estimate of drug-likeness (QED) is 0.927. The number of thiophene rings is 1. The van der Waals surface area contributed by atoms with Crippen molar-refractivity contribution in [3.63, 3.8) is 0 Å². The van der Waals surface area contributed by atoms with Crippen molar-refractivity contribution in [2.75, 3.05) is 16.8 Å². The van der Waals surface area contributed by atoms with E-state index in [2.05, 4.69) is 24.4 Å². The van der Waals surface area contributed by atoms with Crippen LogP contribution in [0.4, 0.5) is 11.4 Å². The van der Waals surface area contributed by atoms with Crippen LogP contribution in [0.3, 0.4) is 0 Å². The molecule has 1 aromatic carbocycles. The Morgan fingerprint density at radius 1 is 1.20 bits per heavy atom. The fraction of sp³-hybridized carbons (Fsp3) is 0.312. The van der Waals surface area contributed by atoms with Crippen LogP contribution >= 0.6 is 11.3 Å². The number of carbonyl (C=O) groups excluding carboxylic acids is 1. The van der Waals surface area contributed by atoms with E-state index in [-0.39, 0.29) is 5.91 Å². The Kier molecular flexibility index (Phi) is 3.74. The van der Waals surface area contributed by atoms with E-state index < -0.39 is 0 Å². The lowest BCUT2D eigenvalue weighted by Gasteiger charge is -2.16. The molecular weight excluding hydrogens is 268 g/mol. The maximum atomic E-state index is 11.7. The van der Waals surface area contributed by atoms with E-state index >= 15 is 0 Å². The molecule has 1 aliphatic rings. The van der Waals surface area contributed by atoms with Crippen LogP contribution in [0.15, 0.2) is 36.4 Å². The van der Waals surface area contributed by atoms with Crippen molar-refractivity contribution in [1.82, 2.24) is 0 Å². The van der Waals surface area contributed by atoms with Gasteiger partial charge >= 0.3 is 0 Å². The first-order chi connectivity index (χ1) is 9.72. The standard InChI is InChI=1S/C16H18N2OS/c1-12-4-9-15(20-12)11-17-13-5-7-14(8-6-13)18-10-2-3-16(18)19/h4-9,17H,2-3,10-11H2,1H3. The van der Waals surface area contributed by atoms with Crippen LogP contribution in [-0.2, 0) is 11.3 Å². The van der Waals surface area contributed by atoms with Crippen molar-refractivity contribution >= 4 is 28.6 Å². The van der Waals surface area contributed by atoms with E-state index in [0.717, 1.165) is 30.9 Å². The number of hydrogen-bond acceptors (Lipinski definition) is 3. The molecule has 1 amide bonds. The SMILES string of the molecule is Cc1ccc(CNc2ccc(N3CCCC3=O)cc2)s1. The van der Waals surface area contributed by atoms with E-state index in [4.69, 9.17) is 0 Å². The predicted molar refractivity (Wildman–Crippen MR) is 84.4 cm³/mol. The van der Waals surface area contributed by atoms with Crippen LogP contribution in [0.25, 0.3) is 0 Å². The third-order valence-electron chi connectivity index (χ3n) is 3.52. The van der Waals surface area contributed by atoms with Gasteiger partial charge in [-0.25, -0.2) is 0 Å². The number of benzene rings is 1. The first-order valence-electron chi connectivity index (χ1n) is 6.92. The van der Waals surface area contributed by atoms with Gasteiger partial charge in [0, 0.05) is 40.6 Å². The van der Waals surface area contributed by atoms with Gasteiger partial charge in [0.2, 0.25) is 5.91 Å². The summed E-state index contributed by atoms with van der Waals surface area (Å²) in [6.07, 6.45) is 1.65. The molecule has 0 saturated carbocycles. The summed E-state index contributed by atoms with van der Waals surface area (Å²) in [6.45, 7) is 3.82. The number of amides is 1. The van der Waals surface area contributed by atoms with Crippen LogP contribution in [0.5, 0.6) is 0 Å². The summed E-state index contributed by atoms with van der Waals surface area (Å²) < 4.78 is 0. The Labute approximate surface area is 123 Å². The largest absolute Gasteiger partial charge is 0.380 e. The summed E-state index contributed by atoms with van der Waals surface area (Å²) in [5, 5.41) is 3.41. The molecular formula is C16H18N2OS. The summed E-state index contributed by atoms with van der Waals surface area (Å²) in [5.41, 5.74) is 2.09. The monoisotopic (exact) mass is 286 g/mol. The van der Waals surface area contributed by atoms with E-state index in [1.165, 1.54) is 9.75 Å². The molecule has 0 spiro atoms. The van der Waals surface area contributed by atoms with Gasteiger partial charge in [-0.1, -0.05) is 0 Å². The van der Waals surface area contributed by atoms with E-state index in [9.17, 15) is 4.79 Å². The molecule has 3 nitrogen and oxygen atoms in total. The number of carbonyl (C=O) groups is 1. The normalized spacial score (nSPS) is 14.8. The highest BCUT2D eigenvalue weighted by atomic mass is 32.1. The number of nitrogens with zero attached hydrogens (tertiary/aromatic N) is 1. The summed E-state index contributed by atoms with van der Waals surface area (Å²) >= 11 is 1.82. The Balaban J connectivity index is 1.62. The molecule has 0 unspecified atom stereocenters. The lowest BCUT2D eigenvalue weighted by molar-refractivity contribution is -0.117. The molecule has 104 valence electrons. The molecule has 2 heterocycles. The van der Waals surface area contributed by atoms with E-state index in [1.54, 1.807) is 0 Å². The Morgan fingerprint density at radius 3 is 2.60 bits per heavy atom. The Bertz CT molecular complexity index is 603. The molecule has 1 aliphatic heterocycles. The second-order valence-corrected chi connectivity index (χ2v) is 6.43. The molecule has 0 bridgehead atoms. The first kappa shape index (κ1) is 13.2. The molecule has 1 N–H and O–H groups in total. The smallest absolute Gasteiger partial charge is 0.227 e. The molecule has 0 atom stereocenters. The van der Waals surface area contributed by atoms with Crippen LogP contribution < -0.4 is 10.2 Å². The molecule has 0 radical (unpaired) electrons. The fourth-order valence-corrected chi connectivity index (χ4v) is 3.28. The van der Waals surface area contributed by atoms with Crippen LogP contribution in [0.1, 0.15) is 22.6 Å². The average molecular weight is 286 g/mol. The zero-order valence-corrected chi connectivity index (χ0v) is 12.4. The van der Waals surface area contributed by atoms with Gasteiger partial charge in [-0.15, -0.1) is 11.3 Å². The Hall–Kier alpha value is -1.81. The minimum atomic E-state index is 0.236. The highest BCUT2D eigenvalue weighted by molar-refractivity contribution is 7.11. The third-order valence-corrected chi connectivity index (χ3v) is 4.52. The van der Waals surface area contributed by atoms with Gasteiger partial charge in [0.25, 0.3) is 0 Å². The number of aryl methyl sites for hydroxylation is 1. The minimum Gasteiger partial charge on any atom is -0.380 e. The van der Waals surface area contributed by atoms with Gasteiger partial charge < -0.3 is 10.2 Å². The molecule has 0 aliphatic carbocycles. The highest BCUT2D eigenvalue weighted by Crippen LogP contribution is 2.23. The Morgan fingerprint density at radius 2 is 2.00 bits per heavy atom. The third kappa shape index (κ3) is 2.85. The first-order valence-corrected chi connectivity index (χ1v) is 7.74. The maximum Gasteiger partial charge on any atom is 0.227 e. The van der Waals surface area contributed by atoms with Gasteiger partial charge in [0.05, 0.1) is 0 Å². The number of nitrogens with one attached hydrogen (secondary N) is 1. The molecule has 1 aromatic heterocycles. The van der Waals surface area contributed by atoms with Gasteiger partial charge in [-0.05, 0) is 49.7 Å². The second-order valence-electron chi connectivity index (χ2n) is 5.06. The van der Waals surface area contributed by atoms with Crippen LogP contribution in [-0.4, -0.2) is 12.5 Å². The maximum absolute atomic E-state index is 11.7. The van der Waals surface area contributed by atoms with Crippen molar-refractivity contribution < 1.29 is 4.79 Å². The van der Waals surface area contributed by atoms with Crippen molar-refractivity contribution in [3.8, 4) is 0 Å². The van der Waals surface area contributed by atoms with Crippen LogP contribution in [0.2, 0.25) is 0 Å². The molecule has 20 heavy (non-hydrogen) atoms. The van der Waals surface area contributed by atoms with Gasteiger partial charge in [-0.3, -0.25) is 4.79 Å². The summed E-state index contributed by atoms with van der Waals surface area (Å²) in [4.78, 5) is 16.2. The van der Waals surface area contributed by atoms with Gasteiger partial charge in [-0.2, -0.15) is 0 Å². The molecule has 4 heteroatoms. The van der Waals surface area contributed by atoms with E-state index in [1.807, 2.05) is 40.5 Å². The van der Waals surface area contributed by atoms with Gasteiger partial charge in [0.1, 0.15) is 0 Å². The summed E-state index contributed by atoms with van der Waals surface area (Å²) in [5.74, 6) is 0.236. The second kappa shape index (κ2) is 5.67. The van der Waals surface area contributed by atoms with Crippen molar-refractivity contribution in [2.24, 2.45) is 0 Å². The van der Waals surface area contributed by atoms with E-state index in [0.29, 0.717) is 6.42 Å². The van der Waals surface area contributed by atoms with Crippen molar-refractivity contribution in [2.45, 2.75) is 26.3 Å². The zero-order valence-electron chi connectivity index (χ0n) is 11.6. The topological polar surface area (TPSA) is 32.3 Å². The number of rotatable bonds is 4. The zero-order chi connectivity index (χ0) is 13.9. The number of anilines is 2. The van der Waals surface area contributed by atoms with Crippen molar-refractivity contribution in [1.29, 1.82) is 0 Å². The summed E-state index contributed by atoms with van der Waals surface area (Å²) in [7, 11) is 0. The van der Waals surface area contributed by atoms with Crippen molar-refractivity contribution in [3.05, 3.63) is 46.2 Å². The lowest BCUT2D eigenvalue weighted by Crippen LogP contribution is -2.23.